The molecule has 0 aromatic heterocycles. The van der Waals surface area contributed by atoms with Crippen LogP contribution in [0, 0.1) is 0 Å². The molecule has 0 aliphatic heterocycles. The zero-order valence-corrected chi connectivity index (χ0v) is 17.2. The smallest absolute Gasteiger partial charge is 0.303 e. The van der Waals surface area contributed by atoms with Gasteiger partial charge in [0.25, 0.3) is 0 Å². The summed E-state index contributed by atoms with van der Waals surface area (Å²) in [7, 11) is -2.16. The number of carboxylic acid groups (broad SMARTS) is 1. The van der Waals surface area contributed by atoms with Crippen LogP contribution in [0.4, 0.5) is 0 Å². The van der Waals surface area contributed by atoms with Crippen LogP contribution < -0.4 is 9.46 Å². The van der Waals surface area contributed by atoms with E-state index in [2.05, 4.69) is 4.72 Å². The summed E-state index contributed by atoms with van der Waals surface area (Å²) >= 11 is 5.84. The predicted octanol–water partition coefficient (Wildman–Crippen LogP) is 4.40. The van der Waals surface area contributed by atoms with E-state index in [0.717, 1.165) is 5.56 Å². The van der Waals surface area contributed by atoms with Crippen molar-refractivity contribution in [3.05, 3.63) is 59.1 Å². The van der Waals surface area contributed by atoms with Gasteiger partial charge in [-0.05, 0) is 54.8 Å². The van der Waals surface area contributed by atoms with E-state index >= 15 is 0 Å². The molecule has 1 unspecified atom stereocenters. The van der Waals surface area contributed by atoms with Crippen LogP contribution in [0.5, 0.6) is 5.75 Å². The number of nitrogens with one attached hydrogen (secondary N) is 1. The highest BCUT2D eigenvalue weighted by Gasteiger charge is 2.21. The van der Waals surface area contributed by atoms with Crippen molar-refractivity contribution in [2.24, 2.45) is 0 Å². The van der Waals surface area contributed by atoms with Gasteiger partial charge in [-0.2, -0.15) is 0 Å². The van der Waals surface area contributed by atoms with Crippen LogP contribution in [0.1, 0.15) is 43.7 Å². The summed E-state index contributed by atoms with van der Waals surface area (Å²) in [6.07, 6.45) is 2.64. The molecule has 6 nitrogen and oxygen atoms in total. The first kappa shape index (κ1) is 22.2. The van der Waals surface area contributed by atoms with Gasteiger partial charge in [0, 0.05) is 17.5 Å². The minimum atomic E-state index is -3.73. The molecule has 2 rings (SSSR count). The van der Waals surface area contributed by atoms with Crippen LogP contribution in [0.15, 0.2) is 53.4 Å². The lowest BCUT2D eigenvalue weighted by Gasteiger charge is -2.20. The Bertz CT molecular complexity index is 866. The van der Waals surface area contributed by atoms with Crippen LogP contribution in [0.3, 0.4) is 0 Å². The Hall–Kier alpha value is -2.09. The Morgan fingerprint density at radius 2 is 1.71 bits per heavy atom. The molecule has 0 bridgehead atoms. The lowest BCUT2D eigenvalue weighted by molar-refractivity contribution is -0.137. The normalized spacial score (nSPS) is 12.5. The third-order valence-corrected chi connectivity index (χ3v) is 6.06. The number of unbranched alkanes of at least 4 members (excludes halogenated alkanes) is 2. The largest absolute Gasteiger partial charge is 0.497 e. The van der Waals surface area contributed by atoms with Gasteiger partial charge in [0.15, 0.2) is 0 Å². The zero-order valence-electron chi connectivity index (χ0n) is 15.6. The average Bonchev–Trinajstić information content (AvgIpc) is 2.67. The molecule has 8 heteroatoms. The molecule has 0 fully saturated rings. The molecule has 0 aliphatic carbocycles. The summed E-state index contributed by atoms with van der Waals surface area (Å²) in [4.78, 5) is 10.8. The fraction of sp³-hybridized carbons (Fsp3) is 0.350. The molecule has 152 valence electrons. The van der Waals surface area contributed by atoms with Gasteiger partial charge < -0.3 is 9.84 Å². The third kappa shape index (κ3) is 6.82. The molecule has 0 spiro atoms. The maximum atomic E-state index is 12.8. The molecule has 0 radical (unpaired) electrons. The fourth-order valence-corrected chi connectivity index (χ4v) is 4.19. The van der Waals surface area contributed by atoms with E-state index in [4.69, 9.17) is 21.4 Å². The van der Waals surface area contributed by atoms with Gasteiger partial charge in [0.2, 0.25) is 10.0 Å². The van der Waals surface area contributed by atoms with Crippen LogP contribution in [0.2, 0.25) is 5.02 Å². The third-order valence-electron chi connectivity index (χ3n) is 4.32. The van der Waals surface area contributed by atoms with Crippen molar-refractivity contribution in [3.8, 4) is 5.75 Å². The van der Waals surface area contributed by atoms with Crippen LogP contribution in [-0.4, -0.2) is 26.6 Å². The first-order chi connectivity index (χ1) is 13.3. The van der Waals surface area contributed by atoms with Gasteiger partial charge in [-0.25, -0.2) is 13.1 Å². The summed E-state index contributed by atoms with van der Waals surface area (Å²) in [6.45, 7) is 0. The van der Waals surface area contributed by atoms with Crippen LogP contribution >= 0.6 is 11.6 Å². The molecule has 2 aromatic rings. The quantitative estimate of drug-likeness (QED) is 0.520. The van der Waals surface area contributed by atoms with Crippen molar-refractivity contribution in [1.29, 1.82) is 0 Å². The minimum Gasteiger partial charge on any atom is -0.497 e. The standard InChI is InChI=1S/C20H24ClNO5S/c1-27-17-11-7-15(8-12-17)19(5-3-2-4-6-20(23)24)22-28(25,26)18-13-9-16(21)10-14-18/h7-14,19,22H,2-6H2,1H3,(H,23,24). The van der Waals surface area contributed by atoms with Crippen molar-refractivity contribution >= 4 is 27.6 Å². The minimum absolute atomic E-state index is 0.115. The Kier molecular flexibility index (Phi) is 8.29. The molecule has 0 heterocycles. The molecule has 28 heavy (non-hydrogen) atoms. The van der Waals surface area contributed by atoms with Gasteiger partial charge in [0.05, 0.1) is 12.0 Å². The fourth-order valence-electron chi connectivity index (χ4n) is 2.80. The van der Waals surface area contributed by atoms with E-state index in [1.807, 2.05) is 12.1 Å². The molecular formula is C20H24ClNO5S. The number of hydrogen-bond acceptors (Lipinski definition) is 4. The number of carbonyl (C=O) groups is 1. The van der Waals surface area contributed by atoms with Crippen molar-refractivity contribution in [3.63, 3.8) is 0 Å². The Morgan fingerprint density at radius 1 is 1.07 bits per heavy atom. The van der Waals surface area contributed by atoms with Crippen molar-refractivity contribution < 1.29 is 23.1 Å². The Labute approximate surface area is 170 Å². The average molecular weight is 426 g/mol. The summed E-state index contributed by atoms with van der Waals surface area (Å²) in [5.41, 5.74) is 0.816. The van der Waals surface area contributed by atoms with Gasteiger partial charge >= 0.3 is 5.97 Å². The number of rotatable bonds is 11. The van der Waals surface area contributed by atoms with E-state index in [1.165, 1.54) is 24.3 Å². The SMILES string of the molecule is COc1ccc(C(CCCCCC(=O)O)NS(=O)(=O)c2ccc(Cl)cc2)cc1. The second-order valence-electron chi connectivity index (χ2n) is 6.39. The topological polar surface area (TPSA) is 92.7 Å². The molecule has 1 atom stereocenters. The van der Waals surface area contributed by atoms with E-state index in [1.54, 1.807) is 19.2 Å². The molecule has 2 N–H and O–H groups in total. The highest BCUT2D eigenvalue weighted by molar-refractivity contribution is 7.89. The summed E-state index contributed by atoms with van der Waals surface area (Å²) in [5, 5.41) is 9.20. The number of aliphatic carboxylic acids is 1. The first-order valence-electron chi connectivity index (χ1n) is 8.95. The Balaban J connectivity index is 2.14. The number of halogens is 1. The molecular weight excluding hydrogens is 402 g/mol. The van der Waals surface area contributed by atoms with E-state index in [-0.39, 0.29) is 11.3 Å². The first-order valence-corrected chi connectivity index (χ1v) is 10.8. The number of sulfonamides is 1. The van der Waals surface area contributed by atoms with Crippen LogP contribution in [-0.2, 0) is 14.8 Å². The van der Waals surface area contributed by atoms with E-state index in [9.17, 15) is 13.2 Å². The van der Waals surface area contributed by atoms with Gasteiger partial charge in [-0.15, -0.1) is 0 Å². The summed E-state index contributed by atoms with van der Waals surface area (Å²) in [6, 6.07) is 12.8. The highest BCUT2D eigenvalue weighted by Crippen LogP contribution is 2.25. The Morgan fingerprint density at radius 3 is 2.29 bits per heavy atom. The highest BCUT2D eigenvalue weighted by atomic mass is 35.5. The van der Waals surface area contributed by atoms with Crippen LogP contribution in [0.25, 0.3) is 0 Å². The van der Waals surface area contributed by atoms with Gasteiger partial charge in [-0.1, -0.05) is 36.6 Å². The lowest BCUT2D eigenvalue weighted by atomic mass is 10.0. The van der Waals surface area contributed by atoms with Gasteiger partial charge in [0.1, 0.15) is 5.75 Å². The van der Waals surface area contributed by atoms with E-state index < -0.39 is 22.0 Å². The lowest BCUT2D eigenvalue weighted by Crippen LogP contribution is -2.28. The van der Waals surface area contributed by atoms with Gasteiger partial charge in [-0.3, -0.25) is 4.79 Å². The summed E-state index contributed by atoms with van der Waals surface area (Å²) < 4.78 is 33.5. The number of ether oxygens (including phenoxy) is 1. The maximum absolute atomic E-state index is 12.8. The number of carboxylic acids is 1. The second kappa shape index (κ2) is 10.5. The maximum Gasteiger partial charge on any atom is 0.303 e. The molecule has 0 saturated heterocycles. The number of benzene rings is 2. The summed E-state index contributed by atoms with van der Waals surface area (Å²) in [5.74, 6) is -0.139. The predicted molar refractivity (Wildman–Crippen MR) is 108 cm³/mol. The molecule has 2 aromatic carbocycles. The molecule has 0 amide bonds. The number of methoxy groups -OCH3 is 1. The zero-order chi connectivity index (χ0) is 20.6. The van der Waals surface area contributed by atoms with Crippen molar-refractivity contribution in [2.45, 2.75) is 43.0 Å². The molecule has 0 aliphatic rings. The second-order valence-corrected chi connectivity index (χ2v) is 8.54. The van der Waals surface area contributed by atoms with E-state index in [0.29, 0.717) is 36.5 Å². The monoisotopic (exact) mass is 425 g/mol. The molecule has 0 saturated carbocycles. The van der Waals surface area contributed by atoms with Crippen molar-refractivity contribution in [2.75, 3.05) is 7.11 Å². The number of hydrogen-bond donors (Lipinski definition) is 2. The van der Waals surface area contributed by atoms with Crippen molar-refractivity contribution in [1.82, 2.24) is 4.72 Å².